The molecule has 0 aliphatic carbocycles. The molecule has 0 bridgehead atoms. The minimum absolute atomic E-state index is 0.173. The average molecular weight is 405 g/mol. The third-order valence-electron chi connectivity index (χ3n) is 4.90. The Hall–Kier alpha value is -1.16. The molecule has 3 rings (SSSR count). The third-order valence-corrected chi connectivity index (χ3v) is 7.61. The molecule has 2 aromatic rings. The summed E-state index contributed by atoms with van der Waals surface area (Å²) in [6.07, 6.45) is 1.17. The van der Waals surface area contributed by atoms with Gasteiger partial charge < -0.3 is 0 Å². The SMILES string of the molecule is CC[C@H](O)c1ccccc1[Se]C[C@]1(c2ccccc2)C[C@@H](CO)CO1. The van der Waals surface area contributed by atoms with E-state index < -0.39 is 6.10 Å². The second-order valence-corrected chi connectivity index (χ2v) is 8.81. The molecule has 1 saturated heterocycles. The third kappa shape index (κ3) is 4.16. The van der Waals surface area contributed by atoms with Gasteiger partial charge in [0.2, 0.25) is 0 Å². The summed E-state index contributed by atoms with van der Waals surface area (Å²) in [6.45, 7) is 2.79. The first-order valence-electron chi connectivity index (χ1n) is 8.88. The molecule has 0 aromatic heterocycles. The zero-order chi connectivity index (χ0) is 17.7. The van der Waals surface area contributed by atoms with Gasteiger partial charge in [0.15, 0.2) is 0 Å². The van der Waals surface area contributed by atoms with E-state index in [0.29, 0.717) is 6.61 Å². The standard InChI is InChI=1S/C21H26O3Se/c1-2-19(23)18-10-6-7-11-20(18)25-15-21(12-16(13-22)14-24-21)17-8-4-3-5-9-17/h3-11,16,19,22-23H,2,12-15H2,1H3/t16-,19-,21-/m0/s1. The predicted octanol–water partition coefficient (Wildman–Crippen LogP) is 2.80. The molecule has 2 aromatic carbocycles. The molecular formula is C21H26O3Se. The van der Waals surface area contributed by atoms with Crippen molar-refractivity contribution in [1.82, 2.24) is 0 Å². The average Bonchev–Trinajstić information content (AvgIpc) is 3.11. The van der Waals surface area contributed by atoms with Crippen LogP contribution >= 0.6 is 0 Å². The summed E-state index contributed by atoms with van der Waals surface area (Å²) in [5, 5.41) is 20.8. The minimum atomic E-state index is -0.402. The first kappa shape index (κ1) is 18.6. The molecule has 3 nitrogen and oxygen atoms in total. The Labute approximate surface area is 156 Å². The summed E-state index contributed by atoms with van der Waals surface area (Å²) >= 11 is 0.187. The van der Waals surface area contributed by atoms with Crippen LogP contribution < -0.4 is 4.46 Å². The van der Waals surface area contributed by atoms with Crippen LogP contribution in [0.1, 0.15) is 37.0 Å². The van der Waals surface area contributed by atoms with E-state index in [0.717, 1.165) is 23.7 Å². The fourth-order valence-corrected chi connectivity index (χ4v) is 6.14. The van der Waals surface area contributed by atoms with Gasteiger partial charge in [-0.25, -0.2) is 0 Å². The van der Waals surface area contributed by atoms with Gasteiger partial charge in [-0.05, 0) is 0 Å². The predicted molar refractivity (Wildman–Crippen MR) is 101 cm³/mol. The molecular weight excluding hydrogens is 379 g/mol. The zero-order valence-electron chi connectivity index (χ0n) is 14.6. The molecule has 1 aliphatic heterocycles. The van der Waals surface area contributed by atoms with Crippen molar-refractivity contribution in [2.45, 2.75) is 36.8 Å². The summed E-state index contributed by atoms with van der Waals surface area (Å²) in [5.41, 5.74) is 1.92. The topological polar surface area (TPSA) is 49.7 Å². The molecule has 25 heavy (non-hydrogen) atoms. The molecule has 0 unspecified atom stereocenters. The van der Waals surface area contributed by atoms with Crippen LogP contribution in [0, 0.1) is 5.92 Å². The summed E-state index contributed by atoms with van der Waals surface area (Å²) < 4.78 is 7.52. The van der Waals surface area contributed by atoms with Crippen LogP contribution in [0.2, 0.25) is 5.32 Å². The molecule has 1 heterocycles. The van der Waals surface area contributed by atoms with Crippen LogP contribution in [0.4, 0.5) is 0 Å². The Kier molecular flexibility index (Phi) is 6.32. The molecule has 1 aliphatic rings. The van der Waals surface area contributed by atoms with Crippen molar-refractivity contribution in [2.75, 3.05) is 13.2 Å². The quantitative estimate of drug-likeness (QED) is 0.697. The number of aliphatic hydroxyl groups excluding tert-OH is 2. The van der Waals surface area contributed by atoms with Gasteiger partial charge in [-0.15, -0.1) is 0 Å². The molecule has 2 N–H and O–H groups in total. The van der Waals surface area contributed by atoms with Crippen molar-refractivity contribution in [3.8, 4) is 0 Å². The van der Waals surface area contributed by atoms with Gasteiger partial charge in [0.05, 0.1) is 0 Å². The fraction of sp³-hybridized carbons (Fsp3) is 0.429. The zero-order valence-corrected chi connectivity index (χ0v) is 16.3. The van der Waals surface area contributed by atoms with Crippen molar-refractivity contribution < 1.29 is 14.9 Å². The Bertz CT molecular complexity index is 676. The number of hydrogen-bond donors (Lipinski definition) is 2. The van der Waals surface area contributed by atoms with E-state index >= 15 is 0 Å². The first-order valence-corrected chi connectivity index (χ1v) is 11.0. The number of benzene rings is 2. The van der Waals surface area contributed by atoms with Crippen molar-refractivity contribution in [3.05, 3.63) is 65.7 Å². The Morgan fingerprint density at radius 1 is 1.16 bits per heavy atom. The van der Waals surface area contributed by atoms with Gasteiger partial charge in [-0.1, -0.05) is 0 Å². The van der Waals surface area contributed by atoms with Crippen LogP contribution in [0.5, 0.6) is 0 Å². The van der Waals surface area contributed by atoms with Gasteiger partial charge in [0.25, 0.3) is 0 Å². The first-order chi connectivity index (χ1) is 12.2. The summed E-state index contributed by atoms with van der Waals surface area (Å²) in [4.78, 5) is 0. The van der Waals surface area contributed by atoms with Crippen LogP contribution in [-0.4, -0.2) is 38.4 Å². The van der Waals surface area contributed by atoms with Gasteiger partial charge in [-0.3, -0.25) is 0 Å². The second kappa shape index (κ2) is 8.48. The summed E-state index contributed by atoms with van der Waals surface area (Å²) in [6, 6.07) is 18.6. The van der Waals surface area contributed by atoms with Crippen molar-refractivity contribution >= 4 is 19.4 Å². The van der Waals surface area contributed by atoms with Crippen LogP contribution in [0.3, 0.4) is 0 Å². The molecule has 0 radical (unpaired) electrons. The fourth-order valence-electron chi connectivity index (χ4n) is 3.41. The van der Waals surface area contributed by atoms with Crippen LogP contribution in [0.15, 0.2) is 54.6 Å². The van der Waals surface area contributed by atoms with Crippen LogP contribution in [-0.2, 0) is 10.3 Å². The maximum absolute atomic E-state index is 10.3. The molecule has 0 spiro atoms. The van der Waals surface area contributed by atoms with Crippen LogP contribution in [0.25, 0.3) is 0 Å². The number of ether oxygens (including phenoxy) is 1. The monoisotopic (exact) mass is 406 g/mol. The molecule has 3 atom stereocenters. The normalized spacial score (nSPS) is 24.4. The van der Waals surface area contributed by atoms with E-state index in [1.165, 1.54) is 10.0 Å². The molecule has 4 heteroatoms. The van der Waals surface area contributed by atoms with E-state index in [4.69, 9.17) is 4.74 Å². The van der Waals surface area contributed by atoms with Gasteiger partial charge in [-0.2, -0.15) is 0 Å². The van der Waals surface area contributed by atoms with E-state index in [1.807, 2.05) is 31.2 Å². The van der Waals surface area contributed by atoms with E-state index in [9.17, 15) is 10.2 Å². The summed E-state index contributed by atoms with van der Waals surface area (Å²) in [7, 11) is 0. The van der Waals surface area contributed by atoms with Crippen molar-refractivity contribution in [2.24, 2.45) is 5.92 Å². The summed E-state index contributed by atoms with van der Waals surface area (Å²) in [5.74, 6) is 0.201. The Morgan fingerprint density at radius 3 is 2.56 bits per heavy atom. The molecule has 134 valence electrons. The second-order valence-electron chi connectivity index (χ2n) is 6.67. The number of hydrogen-bond acceptors (Lipinski definition) is 3. The van der Waals surface area contributed by atoms with E-state index in [2.05, 4.69) is 30.3 Å². The number of rotatable bonds is 7. The maximum atomic E-state index is 10.3. The van der Waals surface area contributed by atoms with Gasteiger partial charge in [0.1, 0.15) is 0 Å². The number of aliphatic hydroxyl groups is 2. The van der Waals surface area contributed by atoms with Gasteiger partial charge >= 0.3 is 156 Å². The van der Waals surface area contributed by atoms with Crippen molar-refractivity contribution in [3.63, 3.8) is 0 Å². The van der Waals surface area contributed by atoms with E-state index in [1.54, 1.807) is 0 Å². The van der Waals surface area contributed by atoms with Crippen molar-refractivity contribution in [1.29, 1.82) is 0 Å². The van der Waals surface area contributed by atoms with E-state index in [-0.39, 0.29) is 33.1 Å². The molecule has 1 fully saturated rings. The Morgan fingerprint density at radius 2 is 1.88 bits per heavy atom. The molecule has 0 amide bonds. The van der Waals surface area contributed by atoms with Gasteiger partial charge in [0, 0.05) is 0 Å². The molecule has 0 saturated carbocycles. The Balaban J connectivity index is 1.84.